The Morgan fingerprint density at radius 2 is 1.82 bits per heavy atom. The number of rotatable bonds is 9. The molecule has 0 spiro atoms. The Hall–Kier alpha value is -5.59. The van der Waals surface area contributed by atoms with Gasteiger partial charge in [-0.1, -0.05) is 48.0 Å². The van der Waals surface area contributed by atoms with Crippen LogP contribution in [0.4, 0.5) is 0 Å². The van der Waals surface area contributed by atoms with Gasteiger partial charge in [0.15, 0.2) is 17.3 Å². The molecule has 0 aliphatic heterocycles. The van der Waals surface area contributed by atoms with E-state index in [1.807, 2.05) is 43.3 Å². The van der Waals surface area contributed by atoms with Crippen molar-refractivity contribution >= 4 is 39.7 Å². The second-order valence-corrected chi connectivity index (χ2v) is 10.0. The lowest BCUT2D eigenvalue weighted by Crippen LogP contribution is -2.20. The largest absolute Gasteiger partial charge is 0.496 e. The molecular weight excluding hydrogens is 580 g/mol. The first kappa shape index (κ1) is 28.5. The first-order valence-electron chi connectivity index (χ1n) is 13.7. The second-order valence-electron chi connectivity index (χ2n) is 9.62. The van der Waals surface area contributed by atoms with Crippen LogP contribution in [-0.4, -0.2) is 29.6 Å². The van der Waals surface area contributed by atoms with Crippen LogP contribution >= 0.6 is 11.6 Å². The number of hydrogen-bond acceptors (Lipinski definition) is 8. The lowest BCUT2D eigenvalue weighted by Gasteiger charge is -2.15. The molecule has 9 nitrogen and oxygen atoms in total. The summed E-state index contributed by atoms with van der Waals surface area (Å²) in [6, 6.07) is 27.0. The van der Waals surface area contributed by atoms with Crippen LogP contribution in [0.1, 0.15) is 23.6 Å². The summed E-state index contributed by atoms with van der Waals surface area (Å²) in [5, 5.41) is 15.4. The summed E-state index contributed by atoms with van der Waals surface area (Å²) in [6.07, 6.45) is 1.49. The van der Waals surface area contributed by atoms with Crippen LogP contribution in [0.25, 0.3) is 33.5 Å². The average molecular weight is 605 g/mol. The maximum absolute atomic E-state index is 13.7. The van der Waals surface area contributed by atoms with Gasteiger partial charge in [0, 0.05) is 5.56 Å². The molecule has 0 amide bonds. The Labute approximate surface area is 257 Å². The second kappa shape index (κ2) is 12.3. The van der Waals surface area contributed by atoms with E-state index in [2.05, 4.69) is 11.2 Å². The molecule has 0 N–H and O–H groups in total. The predicted molar refractivity (Wildman–Crippen MR) is 169 cm³/mol. The summed E-state index contributed by atoms with van der Waals surface area (Å²) in [5.74, 6) is 1.92. The average Bonchev–Trinajstić information content (AvgIpc) is 3.49. The van der Waals surface area contributed by atoms with E-state index in [9.17, 15) is 10.1 Å². The number of ether oxygens (including phenoxy) is 3. The van der Waals surface area contributed by atoms with Crippen molar-refractivity contribution in [2.24, 2.45) is 5.10 Å². The first-order valence-corrected chi connectivity index (χ1v) is 14.1. The van der Waals surface area contributed by atoms with Gasteiger partial charge in [0.2, 0.25) is 5.82 Å². The van der Waals surface area contributed by atoms with E-state index in [1.54, 1.807) is 55.6 Å². The summed E-state index contributed by atoms with van der Waals surface area (Å²) in [5.41, 5.74) is 2.50. The van der Waals surface area contributed by atoms with Gasteiger partial charge in [-0.15, -0.1) is 0 Å². The highest BCUT2D eigenvalue weighted by Crippen LogP contribution is 2.37. The van der Waals surface area contributed by atoms with Gasteiger partial charge in [-0.25, -0.2) is 4.98 Å². The number of aromatic nitrogens is 2. The number of hydrogen-bond donors (Lipinski definition) is 0. The van der Waals surface area contributed by atoms with Crippen LogP contribution in [0.5, 0.6) is 17.2 Å². The first-order chi connectivity index (χ1) is 21.5. The van der Waals surface area contributed by atoms with E-state index in [0.717, 1.165) is 10.9 Å². The van der Waals surface area contributed by atoms with E-state index in [-0.39, 0.29) is 23.0 Å². The molecule has 10 heteroatoms. The van der Waals surface area contributed by atoms with Crippen molar-refractivity contribution in [3.8, 4) is 34.9 Å². The van der Waals surface area contributed by atoms with Gasteiger partial charge in [0.25, 0.3) is 5.56 Å². The molecule has 0 saturated carbocycles. The topological polar surface area (TPSA) is 112 Å². The van der Waals surface area contributed by atoms with Crippen LogP contribution in [-0.2, 0) is 6.61 Å². The fourth-order valence-electron chi connectivity index (χ4n) is 4.81. The smallest absolute Gasteiger partial charge is 0.282 e. The van der Waals surface area contributed by atoms with Crippen LogP contribution in [0.15, 0.2) is 99.2 Å². The quantitative estimate of drug-likeness (QED) is 0.160. The van der Waals surface area contributed by atoms with Crippen molar-refractivity contribution < 1.29 is 18.6 Å². The molecule has 0 unspecified atom stereocenters. The third-order valence-electron chi connectivity index (χ3n) is 6.88. The van der Waals surface area contributed by atoms with Gasteiger partial charge >= 0.3 is 0 Å². The third kappa shape index (κ3) is 5.46. The molecule has 0 radical (unpaired) electrons. The van der Waals surface area contributed by atoms with Crippen LogP contribution in [0.3, 0.4) is 0 Å². The van der Waals surface area contributed by atoms with Gasteiger partial charge in [0.05, 0.1) is 52.9 Å². The highest BCUT2D eigenvalue weighted by molar-refractivity contribution is 6.32. The number of nitriles is 1. The molecule has 2 heterocycles. The number of para-hydroxylation sites is 1. The molecule has 0 aliphatic rings. The minimum absolute atomic E-state index is 0.126. The molecule has 44 heavy (non-hydrogen) atoms. The van der Waals surface area contributed by atoms with E-state index >= 15 is 0 Å². The molecule has 0 fully saturated rings. The molecule has 2 aromatic heterocycles. The van der Waals surface area contributed by atoms with Crippen molar-refractivity contribution in [1.82, 2.24) is 9.66 Å². The van der Waals surface area contributed by atoms with E-state index in [4.69, 9.17) is 35.2 Å². The van der Waals surface area contributed by atoms with Gasteiger partial charge < -0.3 is 18.6 Å². The molecule has 0 atom stereocenters. The molecule has 0 saturated heterocycles. The van der Waals surface area contributed by atoms with Crippen molar-refractivity contribution in [3.63, 3.8) is 0 Å². The van der Waals surface area contributed by atoms with Crippen LogP contribution in [0, 0.1) is 11.3 Å². The number of benzene rings is 4. The number of methoxy groups -OCH3 is 1. The fraction of sp³-hybridized carbons (Fsp3) is 0.118. The lowest BCUT2D eigenvalue weighted by atomic mass is 10.1. The minimum atomic E-state index is -0.374. The van der Waals surface area contributed by atoms with Gasteiger partial charge in [0.1, 0.15) is 17.9 Å². The fourth-order valence-corrected chi connectivity index (χ4v) is 5.08. The normalized spacial score (nSPS) is 11.2. The summed E-state index contributed by atoms with van der Waals surface area (Å²) in [4.78, 5) is 18.4. The molecule has 0 aliphatic carbocycles. The maximum atomic E-state index is 13.7. The van der Waals surface area contributed by atoms with Gasteiger partial charge in [-0.05, 0) is 61.0 Å². The minimum Gasteiger partial charge on any atom is -0.496 e. The van der Waals surface area contributed by atoms with E-state index in [0.29, 0.717) is 57.2 Å². The number of halogens is 1. The van der Waals surface area contributed by atoms with Crippen molar-refractivity contribution in [1.29, 1.82) is 5.26 Å². The molecular formula is C34H25ClN4O5. The summed E-state index contributed by atoms with van der Waals surface area (Å²) < 4.78 is 24.6. The predicted octanol–water partition coefficient (Wildman–Crippen LogP) is 7.20. The lowest BCUT2D eigenvalue weighted by molar-refractivity contribution is 0.269. The highest BCUT2D eigenvalue weighted by Gasteiger charge is 2.18. The summed E-state index contributed by atoms with van der Waals surface area (Å²) >= 11 is 6.66. The summed E-state index contributed by atoms with van der Waals surface area (Å²) in [7, 11) is 1.58. The Balaban J connectivity index is 1.41. The van der Waals surface area contributed by atoms with E-state index in [1.165, 1.54) is 10.9 Å². The molecule has 6 aromatic rings. The number of furan rings is 1. The monoisotopic (exact) mass is 604 g/mol. The van der Waals surface area contributed by atoms with Crippen LogP contribution < -0.4 is 19.8 Å². The molecule has 218 valence electrons. The standard InChI is InChI=1S/C34H25ClN4O5/c1-3-42-30-16-21(15-26(35)32(30)43-20-23-10-5-4-9-22(23)18-36)19-37-39-33(38-27-12-7-6-11-24(27)34(39)40)31-17-25-28(41-2)13-8-14-29(25)44-31/h4-17,19H,3,20H2,1-2H3. The third-order valence-corrected chi connectivity index (χ3v) is 7.16. The Morgan fingerprint density at radius 1 is 1.00 bits per heavy atom. The Morgan fingerprint density at radius 3 is 2.64 bits per heavy atom. The van der Waals surface area contributed by atoms with E-state index < -0.39 is 0 Å². The van der Waals surface area contributed by atoms with Gasteiger partial charge in [-0.2, -0.15) is 15.0 Å². The van der Waals surface area contributed by atoms with Crippen molar-refractivity contribution in [2.75, 3.05) is 13.7 Å². The zero-order chi connectivity index (χ0) is 30.6. The highest BCUT2D eigenvalue weighted by atomic mass is 35.5. The maximum Gasteiger partial charge on any atom is 0.282 e. The van der Waals surface area contributed by atoms with Crippen LogP contribution in [0.2, 0.25) is 5.02 Å². The van der Waals surface area contributed by atoms with Gasteiger partial charge in [-0.3, -0.25) is 4.79 Å². The molecule has 0 bridgehead atoms. The number of fused-ring (bicyclic) bond motifs is 2. The number of nitrogens with zero attached hydrogens (tertiary/aromatic N) is 4. The van der Waals surface area contributed by atoms with Crippen molar-refractivity contribution in [2.45, 2.75) is 13.5 Å². The van der Waals surface area contributed by atoms with Crippen molar-refractivity contribution in [3.05, 3.63) is 117 Å². The summed E-state index contributed by atoms with van der Waals surface area (Å²) in [6.45, 7) is 2.33. The zero-order valence-corrected chi connectivity index (χ0v) is 24.5. The zero-order valence-electron chi connectivity index (χ0n) is 23.8. The molecule has 4 aromatic carbocycles. The Bertz CT molecular complexity index is 2140. The molecule has 6 rings (SSSR count). The Kier molecular flexibility index (Phi) is 8.00. The SMILES string of the molecule is CCOc1cc(C=Nn2c(-c3cc4c(OC)cccc4o3)nc3ccccc3c2=O)cc(Cl)c1OCc1ccccc1C#N.